The second kappa shape index (κ2) is 34.9. The molecule has 0 rings (SSSR count). The van der Waals surface area contributed by atoms with Crippen molar-refractivity contribution in [3.63, 3.8) is 0 Å². The zero-order chi connectivity index (χ0) is 48.5. The smallest absolute Gasteiger partial charge is 0.317 e. The molecule has 2 amide bonds. The van der Waals surface area contributed by atoms with Gasteiger partial charge in [0.15, 0.2) is 0 Å². The summed E-state index contributed by atoms with van der Waals surface area (Å²) in [7, 11) is 0. The van der Waals surface area contributed by atoms with Crippen molar-refractivity contribution in [1.29, 1.82) is 0 Å². The lowest BCUT2D eigenvalue weighted by molar-refractivity contribution is -0.144. The van der Waals surface area contributed by atoms with Crippen molar-refractivity contribution in [3.8, 4) is 0 Å². The fourth-order valence-corrected chi connectivity index (χ4v) is 6.34. The highest BCUT2D eigenvalue weighted by Gasteiger charge is 2.21. The molecule has 0 fully saturated rings. The van der Waals surface area contributed by atoms with Crippen LogP contribution in [0.3, 0.4) is 0 Å². The highest BCUT2D eigenvalue weighted by molar-refractivity contribution is 5.79. The van der Waals surface area contributed by atoms with Gasteiger partial charge in [-0.2, -0.15) is 0 Å². The normalized spacial score (nSPS) is 11.4. The molecule has 0 atom stereocenters. The van der Waals surface area contributed by atoms with E-state index in [1.165, 1.54) is 19.6 Å². The molecule has 26 heteroatoms. The molecule has 0 saturated carbocycles. The second-order valence-corrected chi connectivity index (χ2v) is 15.1. The topological polar surface area (TPSA) is 376 Å². The van der Waals surface area contributed by atoms with E-state index in [9.17, 15) is 68.4 Å². The Hall–Kier alpha value is -5.54. The molecule has 0 aromatic rings. The van der Waals surface area contributed by atoms with Gasteiger partial charge in [0.2, 0.25) is 11.8 Å². The van der Waals surface area contributed by atoms with Crippen molar-refractivity contribution in [2.45, 2.75) is 51.4 Å². The first-order valence-corrected chi connectivity index (χ1v) is 20.8. The maximum Gasteiger partial charge on any atom is 0.317 e. The molecule has 0 aromatic heterocycles. The van der Waals surface area contributed by atoms with Gasteiger partial charge >= 0.3 is 47.8 Å². The van der Waals surface area contributed by atoms with Crippen LogP contribution >= 0.6 is 0 Å². The van der Waals surface area contributed by atoms with E-state index < -0.39 is 112 Å². The van der Waals surface area contributed by atoms with Crippen LogP contribution in [0.2, 0.25) is 0 Å². The third kappa shape index (κ3) is 36.0. The van der Waals surface area contributed by atoms with Gasteiger partial charge in [-0.15, -0.1) is 0 Å². The number of nitrogens with zero attached hydrogens (tertiary/aromatic N) is 6. The predicted molar refractivity (Wildman–Crippen MR) is 223 cm³/mol. The quantitative estimate of drug-likeness (QED) is 0.0270. The zero-order valence-electron chi connectivity index (χ0n) is 36.1. The minimum Gasteiger partial charge on any atom is -0.480 e. The molecule has 0 bridgehead atoms. The van der Waals surface area contributed by atoms with Crippen LogP contribution in [0, 0.1) is 0 Å². The zero-order valence-corrected chi connectivity index (χ0v) is 36.1. The van der Waals surface area contributed by atoms with E-state index >= 15 is 0 Å². The van der Waals surface area contributed by atoms with Crippen molar-refractivity contribution in [3.05, 3.63) is 0 Å². The van der Waals surface area contributed by atoms with Crippen molar-refractivity contribution in [2.24, 2.45) is 0 Å². The monoisotopic (exact) mass is 922 g/mol. The number of carbonyl (C=O) groups is 10. The molecule has 366 valence electrons. The first-order valence-electron chi connectivity index (χ1n) is 20.8. The predicted octanol–water partition coefficient (Wildman–Crippen LogP) is -3.17. The van der Waals surface area contributed by atoms with E-state index in [4.69, 9.17) is 20.4 Å². The van der Waals surface area contributed by atoms with Crippen LogP contribution in [0.25, 0.3) is 0 Å². The van der Waals surface area contributed by atoms with Gasteiger partial charge in [0, 0.05) is 65.4 Å². The van der Waals surface area contributed by atoms with Gasteiger partial charge < -0.3 is 51.5 Å². The number of aliphatic carboxylic acids is 8. The van der Waals surface area contributed by atoms with Crippen molar-refractivity contribution < 1.29 is 88.8 Å². The van der Waals surface area contributed by atoms with Crippen molar-refractivity contribution in [1.82, 2.24) is 40.0 Å². The van der Waals surface area contributed by atoms with Gasteiger partial charge in [-0.3, -0.25) is 77.3 Å². The van der Waals surface area contributed by atoms with E-state index in [-0.39, 0.29) is 65.4 Å². The summed E-state index contributed by atoms with van der Waals surface area (Å²) in [6.45, 7) is -4.14. The Morgan fingerprint density at radius 3 is 0.641 bits per heavy atom. The lowest BCUT2D eigenvalue weighted by atomic mass is 10.1. The molecule has 0 saturated heterocycles. The van der Waals surface area contributed by atoms with Gasteiger partial charge in [0.05, 0.1) is 65.4 Å². The van der Waals surface area contributed by atoms with Gasteiger partial charge in [-0.05, 0) is 12.8 Å². The molecule has 0 aliphatic carbocycles. The third-order valence-corrected chi connectivity index (χ3v) is 9.28. The van der Waals surface area contributed by atoms with E-state index in [1.54, 1.807) is 0 Å². The Morgan fingerprint density at radius 1 is 0.250 bits per heavy atom. The van der Waals surface area contributed by atoms with Gasteiger partial charge in [-0.25, -0.2) is 0 Å². The SMILES string of the molecule is O=C(O)CN(CCN(CC(=O)O)CC(=O)O)CCN(CC(=O)O)CC(=O)NCCCCCCCCCCNC(=O)CN(CCN(CCN(CC(=O)O)CC(=O)O)CC(=O)O)CC(=O)O. The summed E-state index contributed by atoms with van der Waals surface area (Å²) in [4.78, 5) is 123. The van der Waals surface area contributed by atoms with Crippen LogP contribution in [0.5, 0.6) is 0 Å². The Kier molecular flexibility index (Phi) is 31.9. The number of hydrogen-bond donors (Lipinski definition) is 10. The molecule has 0 aromatic carbocycles. The fraction of sp³-hybridized carbons (Fsp3) is 0.737. The van der Waals surface area contributed by atoms with Crippen LogP contribution in [0.4, 0.5) is 0 Å². The van der Waals surface area contributed by atoms with Crippen LogP contribution in [0.1, 0.15) is 51.4 Å². The van der Waals surface area contributed by atoms with Crippen LogP contribution in [-0.2, 0) is 47.9 Å². The summed E-state index contributed by atoms with van der Waals surface area (Å²) >= 11 is 0. The summed E-state index contributed by atoms with van der Waals surface area (Å²) in [6, 6.07) is 0. The molecular weight excluding hydrogens is 856 g/mol. The highest BCUT2D eigenvalue weighted by atomic mass is 16.4. The second-order valence-electron chi connectivity index (χ2n) is 15.1. The molecule has 0 aliphatic heterocycles. The molecular formula is C38H66N8O18. The highest BCUT2D eigenvalue weighted by Crippen LogP contribution is 2.08. The van der Waals surface area contributed by atoms with Crippen molar-refractivity contribution in [2.75, 3.05) is 131 Å². The number of carboxylic acids is 8. The molecule has 0 unspecified atom stereocenters. The summed E-state index contributed by atoms with van der Waals surface area (Å²) in [5.74, 6) is -10.7. The van der Waals surface area contributed by atoms with Crippen molar-refractivity contribution >= 4 is 59.6 Å². The summed E-state index contributed by atoms with van der Waals surface area (Å²) in [5, 5.41) is 78.9. The molecule has 10 N–H and O–H groups in total. The minimum absolute atomic E-state index is 0.000184. The number of hydrogen-bond acceptors (Lipinski definition) is 16. The van der Waals surface area contributed by atoms with Crippen LogP contribution in [0.15, 0.2) is 0 Å². The molecule has 0 heterocycles. The molecule has 26 nitrogen and oxygen atoms in total. The molecule has 0 spiro atoms. The standard InChI is InChI=1S/C38H66N8O18/c47-29(19-43(23-33(53)54)15-11-41(21-31(49)50)13-17-45(25-35(57)58)26-36(59)60)39-9-7-5-3-1-2-4-6-8-10-40-30(48)20-44(24-34(55)56)16-12-42(22-32(51)52)14-18-46(27-37(61)62)28-38(63)64/h1-28H2,(H,39,47)(H,40,48)(H,49,50)(H,51,52)(H,53,54)(H,55,56)(H,57,58)(H,59,60)(H,61,62)(H,63,64). The van der Waals surface area contributed by atoms with E-state index in [2.05, 4.69) is 10.6 Å². The van der Waals surface area contributed by atoms with Gasteiger partial charge in [-0.1, -0.05) is 38.5 Å². The third-order valence-electron chi connectivity index (χ3n) is 9.28. The Balaban J connectivity index is 4.55. The molecule has 0 radical (unpaired) electrons. The van der Waals surface area contributed by atoms with Crippen LogP contribution < -0.4 is 10.6 Å². The first kappa shape index (κ1) is 58.5. The van der Waals surface area contributed by atoms with E-state index in [0.29, 0.717) is 25.9 Å². The fourth-order valence-electron chi connectivity index (χ4n) is 6.34. The number of unbranched alkanes of at least 4 members (excludes halogenated alkanes) is 7. The number of carbonyl (C=O) groups excluding carboxylic acids is 2. The number of rotatable bonds is 43. The average molecular weight is 923 g/mol. The number of carboxylic acid groups (broad SMARTS) is 8. The maximum atomic E-state index is 12.6. The first-order chi connectivity index (χ1) is 30.1. The van der Waals surface area contributed by atoms with Crippen LogP contribution in [-0.4, -0.2) is 261 Å². The number of amides is 2. The Labute approximate surface area is 370 Å². The summed E-state index contributed by atoms with van der Waals surface area (Å²) in [5.41, 5.74) is 0. The van der Waals surface area contributed by atoms with E-state index in [0.717, 1.165) is 48.3 Å². The average Bonchev–Trinajstić information content (AvgIpc) is 3.15. The molecule has 0 aliphatic rings. The lowest BCUT2D eigenvalue weighted by Gasteiger charge is -2.27. The largest absolute Gasteiger partial charge is 0.480 e. The minimum atomic E-state index is -1.26. The van der Waals surface area contributed by atoms with Gasteiger partial charge in [0.25, 0.3) is 0 Å². The van der Waals surface area contributed by atoms with E-state index in [1.807, 2.05) is 0 Å². The number of nitrogens with one attached hydrogen (secondary N) is 2. The summed E-state index contributed by atoms with van der Waals surface area (Å²) in [6.07, 6.45) is 6.69. The van der Waals surface area contributed by atoms with Gasteiger partial charge in [0.1, 0.15) is 0 Å². The summed E-state index contributed by atoms with van der Waals surface area (Å²) < 4.78 is 0. The maximum absolute atomic E-state index is 12.6. The Morgan fingerprint density at radius 2 is 0.422 bits per heavy atom. The molecule has 64 heavy (non-hydrogen) atoms. The lowest BCUT2D eigenvalue weighted by Crippen LogP contribution is -2.46. The Bertz CT molecular complexity index is 1360.